The van der Waals surface area contributed by atoms with Crippen molar-refractivity contribution in [2.24, 2.45) is 5.92 Å². The van der Waals surface area contributed by atoms with Crippen LogP contribution >= 0.6 is 0 Å². The van der Waals surface area contributed by atoms with Gasteiger partial charge in [-0.1, -0.05) is 12.1 Å². The second kappa shape index (κ2) is 14.4. The van der Waals surface area contributed by atoms with Gasteiger partial charge >= 0.3 is 6.03 Å². The van der Waals surface area contributed by atoms with Gasteiger partial charge in [0, 0.05) is 95.2 Å². The molecular weight excluding hydrogens is 744 g/mol. The van der Waals surface area contributed by atoms with Crippen molar-refractivity contribution in [1.29, 1.82) is 0 Å². The molecule has 58 heavy (non-hydrogen) atoms. The summed E-state index contributed by atoms with van der Waals surface area (Å²) in [5.41, 5.74) is 3.27. The molecule has 3 aromatic rings. The zero-order valence-electron chi connectivity index (χ0n) is 33.3. The molecule has 0 spiro atoms. The largest absolute Gasteiger partial charge is 0.504 e. The van der Waals surface area contributed by atoms with Gasteiger partial charge in [-0.3, -0.25) is 24.6 Å². The van der Waals surface area contributed by atoms with Crippen molar-refractivity contribution in [3.05, 3.63) is 59.4 Å². The molecule has 5 amide bonds. The predicted octanol–water partition coefficient (Wildman–Crippen LogP) is 3.49. The normalized spacial score (nSPS) is 24.9. The van der Waals surface area contributed by atoms with E-state index in [0.717, 1.165) is 62.5 Å². The van der Waals surface area contributed by atoms with Crippen molar-refractivity contribution < 1.29 is 28.7 Å². The second-order valence-corrected chi connectivity index (χ2v) is 17.7. The number of fused-ring (bicyclic) bond motifs is 4. The average Bonchev–Trinajstić information content (AvgIpc) is 3.52. The number of phenols is 1. The third-order valence-electron chi connectivity index (χ3n) is 13.2. The van der Waals surface area contributed by atoms with E-state index in [0.29, 0.717) is 68.7 Å². The Morgan fingerprint density at radius 1 is 0.931 bits per heavy atom. The number of piperidine rings is 2. The molecule has 0 unspecified atom stereocenters. The molecule has 1 aromatic heterocycles. The molecule has 7 heterocycles. The lowest BCUT2D eigenvalue weighted by Crippen LogP contribution is -2.70. The highest BCUT2D eigenvalue weighted by atomic mass is 19.1. The number of halogens is 1. The van der Waals surface area contributed by atoms with E-state index < -0.39 is 29.1 Å². The van der Waals surface area contributed by atoms with Crippen LogP contribution in [0, 0.1) is 11.7 Å². The summed E-state index contributed by atoms with van der Waals surface area (Å²) >= 11 is 0. The van der Waals surface area contributed by atoms with Crippen LogP contribution in [0.15, 0.2) is 42.5 Å². The highest BCUT2D eigenvalue weighted by molar-refractivity contribution is 6.05. The van der Waals surface area contributed by atoms with Gasteiger partial charge in [-0.2, -0.15) is 0 Å². The van der Waals surface area contributed by atoms with Crippen molar-refractivity contribution in [3.63, 3.8) is 0 Å². The fourth-order valence-corrected chi connectivity index (χ4v) is 10.0. The van der Waals surface area contributed by atoms with Gasteiger partial charge in [-0.05, 0) is 81.8 Å². The minimum Gasteiger partial charge on any atom is -0.504 e. The molecule has 4 fully saturated rings. The Bertz CT molecular complexity index is 2180. The number of aromatic hydroxyl groups is 1. The lowest BCUT2D eigenvalue weighted by atomic mass is 9.92. The predicted molar refractivity (Wildman–Crippen MR) is 215 cm³/mol. The fraction of sp³-hybridized carbons (Fsp3) is 0.524. The van der Waals surface area contributed by atoms with Crippen LogP contribution < -0.4 is 20.4 Å². The van der Waals surface area contributed by atoms with E-state index in [9.17, 15) is 28.7 Å². The number of piperazine rings is 2. The molecule has 2 aromatic carbocycles. The molecular formula is C42H51FN10O5. The van der Waals surface area contributed by atoms with Crippen LogP contribution in [0.1, 0.15) is 62.4 Å². The Morgan fingerprint density at radius 2 is 1.74 bits per heavy atom. The van der Waals surface area contributed by atoms with Gasteiger partial charge in [0.05, 0.1) is 22.5 Å². The number of imide groups is 1. The standard InChI is InChI=1S/C42H51FN10O5/c1-41(2)24-48(21-26-11-13-49(14-12-26)28-8-7-27-22-51(39(57)30(27)19-28)33-9-10-35(54)45-38(33)56)15-17-53(41)40(58)50-16-18-52-34-20-32(29-5-4-6-31(43)36(29)55)46-47-37(34)44-23-42(52,3)25-50/h4-8,19-20,26,33,55H,9-18,21-25H2,1-3H3,(H,44,47)(H,45,54,56)/t33-,42+/m1/s1. The number of aromatic nitrogens is 2. The first-order valence-corrected chi connectivity index (χ1v) is 20.5. The van der Waals surface area contributed by atoms with Crippen molar-refractivity contribution in [1.82, 2.24) is 35.1 Å². The number of carbonyl (C=O) groups is 4. The van der Waals surface area contributed by atoms with Crippen LogP contribution in [0.5, 0.6) is 5.75 Å². The molecule has 6 aliphatic heterocycles. The maximum atomic E-state index is 14.3. The molecule has 15 nitrogen and oxygen atoms in total. The molecule has 9 rings (SSSR count). The van der Waals surface area contributed by atoms with Gasteiger partial charge in [0.15, 0.2) is 17.4 Å². The summed E-state index contributed by atoms with van der Waals surface area (Å²) in [6, 6.07) is 11.7. The first-order valence-electron chi connectivity index (χ1n) is 20.5. The van der Waals surface area contributed by atoms with Crippen LogP contribution in [0.2, 0.25) is 0 Å². The molecule has 0 radical (unpaired) electrons. The number of hydrogen-bond donors (Lipinski definition) is 3. The van der Waals surface area contributed by atoms with E-state index in [4.69, 9.17) is 0 Å². The zero-order chi connectivity index (χ0) is 40.5. The summed E-state index contributed by atoms with van der Waals surface area (Å²) in [5, 5.41) is 24.8. The molecule has 2 atom stereocenters. The van der Waals surface area contributed by atoms with Crippen LogP contribution in [-0.4, -0.2) is 141 Å². The number of amides is 5. The first-order chi connectivity index (χ1) is 27.8. The number of carbonyl (C=O) groups excluding carboxylic acids is 4. The number of nitrogens with zero attached hydrogens (tertiary/aromatic N) is 8. The minimum absolute atomic E-state index is 0.0518. The Hall–Kier alpha value is -5.51. The Balaban J connectivity index is 0.783. The first kappa shape index (κ1) is 38.0. The molecule has 0 saturated carbocycles. The van der Waals surface area contributed by atoms with Crippen molar-refractivity contribution in [2.75, 3.05) is 80.6 Å². The summed E-state index contributed by atoms with van der Waals surface area (Å²) in [6.07, 6.45) is 2.65. The second-order valence-electron chi connectivity index (χ2n) is 17.7. The highest BCUT2D eigenvalue weighted by Crippen LogP contribution is 2.41. The maximum absolute atomic E-state index is 14.3. The highest BCUT2D eigenvalue weighted by Gasteiger charge is 2.47. The quantitative estimate of drug-likeness (QED) is 0.325. The van der Waals surface area contributed by atoms with Gasteiger partial charge < -0.3 is 34.9 Å². The summed E-state index contributed by atoms with van der Waals surface area (Å²) in [5.74, 6) is -0.853. The molecule has 3 N–H and O–H groups in total. The summed E-state index contributed by atoms with van der Waals surface area (Å²) in [6.45, 7) is 14.1. The molecule has 0 aliphatic carbocycles. The van der Waals surface area contributed by atoms with Crippen LogP contribution in [0.3, 0.4) is 0 Å². The molecule has 16 heteroatoms. The van der Waals surface area contributed by atoms with E-state index in [1.807, 2.05) is 28.0 Å². The molecule has 306 valence electrons. The third kappa shape index (κ3) is 6.74. The number of phenolic OH excluding ortho intramolecular Hbond substituents is 1. The Kier molecular flexibility index (Phi) is 9.44. The van der Waals surface area contributed by atoms with Gasteiger partial charge in [-0.15, -0.1) is 10.2 Å². The fourth-order valence-electron chi connectivity index (χ4n) is 10.0. The van der Waals surface area contributed by atoms with E-state index in [1.165, 1.54) is 12.1 Å². The Labute approximate surface area is 337 Å². The van der Waals surface area contributed by atoms with Crippen LogP contribution in [0.25, 0.3) is 11.3 Å². The van der Waals surface area contributed by atoms with Gasteiger partial charge in [0.1, 0.15) is 6.04 Å². The molecule has 0 bridgehead atoms. The van der Waals surface area contributed by atoms with Crippen molar-refractivity contribution >= 4 is 40.9 Å². The smallest absolute Gasteiger partial charge is 0.320 e. The van der Waals surface area contributed by atoms with Gasteiger partial charge in [-0.25, -0.2) is 9.18 Å². The van der Waals surface area contributed by atoms with Crippen molar-refractivity contribution in [3.8, 4) is 17.0 Å². The van der Waals surface area contributed by atoms with Gasteiger partial charge in [0.2, 0.25) is 11.8 Å². The topological polar surface area (TPSA) is 158 Å². The summed E-state index contributed by atoms with van der Waals surface area (Å²) in [7, 11) is 0. The number of rotatable bonds is 5. The molecule has 6 aliphatic rings. The van der Waals surface area contributed by atoms with Crippen LogP contribution in [-0.2, 0) is 16.1 Å². The van der Waals surface area contributed by atoms with E-state index in [2.05, 4.69) is 62.4 Å². The van der Waals surface area contributed by atoms with E-state index in [1.54, 1.807) is 11.0 Å². The number of anilines is 3. The summed E-state index contributed by atoms with van der Waals surface area (Å²) < 4.78 is 14.2. The van der Waals surface area contributed by atoms with E-state index in [-0.39, 0.29) is 35.4 Å². The number of benzene rings is 2. The number of nitrogens with one attached hydrogen (secondary N) is 2. The average molecular weight is 795 g/mol. The maximum Gasteiger partial charge on any atom is 0.320 e. The van der Waals surface area contributed by atoms with Gasteiger partial charge in [0.25, 0.3) is 5.91 Å². The third-order valence-corrected chi connectivity index (χ3v) is 13.2. The number of para-hydroxylation sites is 1. The van der Waals surface area contributed by atoms with Crippen LogP contribution in [0.4, 0.5) is 26.4 Å². The lowest BCUT2D eigenvalue weighted by Gasteiger charge is -2.55. The zero-order valence-corrected chi connectivity index (χ0v) is 33.3. The minimum atomic E-state index is -0.715. The van der Waals surface area contributed by atoms with E-state index >= 15 is 0 Å². The number of urea groups is 1. The number of hydrogen-bond acceptors (Lipinski definition) is 11. The summed E-state index contributed by atoms with van der Waals surface area (Å²) in [4.78, 5) is 64.6. The SMILES string of the molecule is CC1(C)CN(CC2CCN(c3ccc4c(c3)C(=O)N([C@@H]3CCC(=O)NC3=O)C4)CC2)CCN1C(=O)N1CCN2c3cc(-c4cccc(F)c4O)nnc3NC[C@@]2(C)C1. The van der Waals surface area contributed by atoms with Crippen molar-refractivity contribution in [2.45, 2.75) is 70.1 Å². The molecule has 4 saturated heterocycles. The lowest BCUT2D eigenvalue weighted by molar-refractivity contribution is -0.136. The Morgan fingerprint density at radius 3 is 2.52 bits per heavy atom. The monoisotopic (exact) mass is 794 g/mol.